The van der Waals surface area contributed by atoms with Gasteiger partial charge in [0.25, 0.3) is 0 Å². The molecule has 0 radical (unpaired) electrons. The molecule has 1 nitrogen and oxygen atoms in total. The Kier molecular flexibility index (Phi) is 2.64. The molecule has 0 N–H and O–H groups in total. The Morgan fingerprint density at radius 1 is 1.07 bits per heavy atom. The van der Waals surface area contributed by atoms with Crippen LogP contribution >= 0.6 is 15.9 Å². The lowest BCUT2D eigenvalue weighted by atomic mass is 10.1. The van der Waals surface area contributed by atoms with E-state index < -0.39 is 0 Å². The van der Waals surface area contributed by atoms with Crippen LogP contribution in [0.2, 0.25) is 0 Å². The summed E-state index contributed by atoms with van der Waals surface area (Å²) < 4.78 is 0. The predicted octanol–water partition coefficient (Wildman–Crippen LogP) is 3.42. The standard InChI is InChI=1S/C12H9BrO/c13-8-12(14)11-6-5-9-3-1-2-4-10(9)7-11/h1-7H,8H2. The number of hydrogen-bond acceptors (Lipinski definition) is 1. The summed E-state index contributed by atoms with van der Waals surface area (Å²) in [6, 6.07) is 13.8. The molecule has 2 aromatic rings. The summed E-state index contributed by atoms with van der Waals surface area (Å²) in [7, 11) is 0. The van der Waals surface area contributed by atoms with Crippen LogP contribution in [0.1, 0.15) is 10.4 Å². The first kappa shape index (κ1) is 9.41. The van der Waals surface area contributed by atoms with Crippen molar-refractivity contribution in [1.82, 2.24) is 0 Å². The highest BCUT2D eigenvalue weighted by Gasteiger charge is 2.03. The van der Waals surface area contributed by atoms with Gasteiger partial charge in [0.05, 0.1) is 5.33 Å². The predicted molar refractivity (Wildman–Crippen MR) is 62.1 cm³/mol. The average molecular weight is 249 g/mol. The van der Waals surface area contributed by atoms with Gasteiger partial charge in [-0.05, 0) is 16.8 Å². The molecule has 2 aromatic carbocycles. The van der Waals surface area contributed by atoms with E-state index in [1.807, 2.05) is 42.5 Å². The Hall–Kier alpha value is -1.15. The fourth-order valence-corrected chi connectivity index (χ4v) is 1.76. The van der Waals surface area contributed by atoms with Crippen molar-refractivity contribution in [2.75, 3.05) is 5.33 Å². The van der Waals surface area contributed by atoms with Crippen molar-refractivity contribution in [2.45, 2.75) is 0 Å². The second-order valence-corrected chi connectivity index (χ2v) is 3.68. The Balaban J connectivity index is 2.56. The lowest BCUT2D eigenvalue weighted by molar-refractivity contribution is 0.102. The molecule has 0 amide bonds. The van der Waals surface area contributed by atoms with Crippen molar-refractivity contribution in [3.05, 3.63) is 48.0 Å². The van der Waals surface area contributed by atoms with Crippen molar-refractivity contribution in [2.24, 2.45) is 0 Å². The molecule has 0 saturated carbocycles. The molecule has 0 unspecified atom stereocenters. The van der Waals surface area contributed by atoms with E-state index in [2.05, 4.69) is 15.9 Å². The first-order valence-corrected chi connectivity index (χ1v) is 5.51. The number of carbonyl (C=O) groups is 1. The second kappa shape index (κ2) is 3.93. The number of fused-ring (bicyclic) bond motifs is 1. The molecular formula is C12H9BrO. The maximum atomic E-state index is 11.4. The van der Waals surface area contributed by atoms with Crippen molar-refractivity contribution >= 4 is 32.5 Å². The topological polar surface area (TPSA) is 17.1 Å². The first-order valence-electron chi connectivity index (χ1n) is 4.39. The number of carbonyl (C=O) groups excluding carboxylic acids is 1. The maximum Gasteiger partial charge on any atom is 0.173 e. The molecule has 2 heteroatoms. The number of ketones is 1. The molecule has 0 aliphatic carbocycles. The summed E-state index contributed by atoms with van der Waals surface area (Å²) in [6.07, 6.45) is 0. The van der Waals surface area contributed by atoms with Crippen molar-refractivity contribution < 1.29 is 4.79 Å². The van der Waals surface area contributed by atoms with Crippen LogP contribution < -0.4 is 0 Å². The highest BCUT2D eigenvalue weighted by Crippen LogP contribution is 2.16. The molecule has 0 atom stereocenters. The molecule has 0 aliphatic heterocycles. The van der Waals surface area contributed by atoms with Gasteiger partial charge in [-0.3, -0.25) is 4.79 Å². The van der Waals surface area contributed by atoms with E-state index in [9.17, 15) is 4.79 Å². The van der Waals surface area contributed by atoms with Gasteiger partial charge in [-0.2, -0.15) is 0 Å². The zero-order valence-corrected chi connectivity index (χ0v) is 9.12. The Bertz CT molecular complexity index is 476. The quantitative estimate of drug-likeness (QED) is 0.588. The van der Waals surface area contributed by atoms with Gasteiger partial charge in [-0.1, -0.05) is 52.3 Å². The Morgan fingerprint density at radius 3 is 2.50 bits per heavy atom. The molecule has 14 heavy (non-hydrogen) atoms. The molecule has 2 rings (SSSR count). The van der Waals surface area contributed by atoms with Gasteiger partial charge in [-0.15, -0.1) is 0 Å². The molecule has 0 fully saturated rings. The molecule has 0 bridgehead atoms. The Morgan fingerprint density at radius 2 is 1.79 bits per heavy atom. The lowest BCUT2D eigenvalue weighted by Gasteiger charge is -2.00. The third-order valence-electron chi connectivity index (χ3n) is 2.19. The third-order valence-corrected chi connectivity index (χ3v) is 2.70. The summed E-state index contributed by atoms with van der Waals surface area (Å²) in [6.45, 7) is 0. The minimum atomic E-state index is 0.121. The molecule has 0 heterocycles. The summed E-state index contributed by atoms with van der Waals surface area (Å²) in [5.41, 5.74) is 0.764. The molecule has 0 saturated heterocycles. The number of halogens is 1. The number of Topliss-reactive ketones (excluding diaryl/α,β-unsaturated/α-hetero) is 1. The van der Waals surface area contributed by atoms with Crippen molar-refractivity contribution in [3.8, 4) is 0 Å². The van der Waals surface area contributed by atoms with Crippen LogP contribution in [0.3, 0.4) is 0 Å². The minimum Gasteiger partial charge on any atom is -0.293 e. The van der Waals surface area contributed by atoms with E-state index in [0.717, 1.165) is 10.9 Å². The highest BCUT2D eigenvalue weighted by atomic mass is 79.9. The van der Waals surface area contributed by atoms with Crippen LogP contribution in [0.5, 0.6) is 0 Å². The van der Waals surface area contributed by atoms with E-state index in [1.165, 1.54) is 5.39 Å². The Labute approximate surface area is 90.9 Å². The maximum absolute atomic E-state index is 11.4. The van der Waals surface area contributed by atoms with E-state index in [1.54, 1.807) is 0 Å². The van der Waals surface area contributed by atoms with Crippen molar-refractivity contribution in [3.63, 3.8) is 0 Å². The fourth-order valence-electron chi connectivity index (χ4n) is 1.44. The van der Waals surface area contributed by atoms with Crippen LogP contribution in [-0.2, 0) is 0 Å². The number of hydrogen-bond donors (Lipinski definition) is 0. The van der Waals surface area contributed by atoms with Crippen LogP contribution in [0.4, 0.5) is 0 Å². The number of benzene rings is 2. The van der Waals surface area contributed by atoms with Gasteiger partial charge in [0, 0.05) is 5.56 Å². The van der Waals surface area contributed by atoms with E-state index >= 15 is 0 Å². The molecule has 0 spiro atoms. The first-order chi connectivity index (χ1) is 6.81. The lowest BCUT2D eigenvalue weighted by Crippen LogP contribution is -1.98. The van der Waals surface area contributed by atoms with Gasteiger partial charge in [0.1, 0.15) is 0 Å². The largest absolute Gasteiger partial charge is 0.293 e. The van der Waals surface area contributed by atoms with Gasteiger partial charge in [0.2, 0.25) is 0 Å². The third kappa shape index (κ3) is 1.70. The van der Waals surface area contributed by atoms with Gasteiger partial charge in [0.15, 0.2) is 5.78 Å². The van der Waals surface area contributed by atoms with Gasteiger partial charge >= 0.3 is 0 Å². The van der Waals surface area contributed by atoms with E-state index in [-0.39, 0.29) is 5.78 Å². The smallest absolute Gasteiger partial charge is 0.173 e. The number of rotatable bonds is 2. The normalized spacial score (nSPS) is 10.4. The highest BCUT2D eigenvalue weighted by molar-refractivity contribution is 9.09. The van der Waals surface area contributed by atoms with Crippen LogP contribution in [0.25, 0.3) is 10.8 Å². The van der Waals surface area contributed by atoms with Crippen LogP contribution in [-0.4, -0.2) is 11.1 Å². The molecule has 0 aromatic heterocycles. The summed E-state index contributed by atoms with van der Waals surface area (Å²) in [4.78, 5) is 11.4. The van der Waals surface area contributed by atoms with Crippen LogP contribution in [0, 0.1) is 0 Å². The zero-order valence-electron chi connectivity index (χ0n) is 7.53. The minimum absolute atomic E-state index is 0.121. The summed E-state index contributed by atoms with van der Waals surface area (Å²) >= 11 is 3.17. The summed E-state index contributed by atoms with van der Waals surface area (Å²) in [5.74, 6) is 0.121. The summed E-state index contributed by atoms with van der Waals surface area (Å²) in [5, 5.41) is 2.66. The second-order valence-electron chi connectivity index (χ2n) is 3.12. The van der Waals surface area contributed by atoms with Gasteiger partial charge < -0.3 is 0 Å². The van der Waals surface area contributed by atoms with Crippen molar-refractivity contribution in [1.29, 1.82) is 0 Å². The van der Waals surface area contributed by atoms with E-state index in [0.29, 0.717) is 5.33 Å². The monoisotopic (exact) mass is 248 g/mol. The average Bonchev–Trinajstić information content (AvgIpc) is 2.27. The van der Waals surface area contributed by atoms with Gasteiger partial charge in [-0.25, -0.2) is 0 Å². The SMILES string of the molecule is O=C(CBr)c1ccc2ccccc2c1. The molecular weight excluding hydrogens is 240 g/mol. The molecule has 70 valence electrons. The zero-order chi connectivity index (χ0) is 9.97. The van der Waals surface area contributed by atoms with Crippen LogP contribution in [0.15, 0.2) is 42.5 Å². The fraction of sp³-hybridized carbons (Fsp3) is 0.0833. The van der Waals surface area contributed by atoms with E-state index in [4.69, 9.17) is 0 Å². The molecule has 0 aliphatic rings. The number of alkyl halides is 1.